The average molecular weight is 464 g/mol. The first kappa shape index (κ1) is 21.9. The first-order chi connectivity index (χ1) is 15.3. The molecular formula is C25H21NO4S2. The van der Waals surface area contributed by atoms with Crippen LogP contribution in [0.5, 0.6) is 0 Å². The van der Waals surface area contributed by atoms with Crippen LogP contribution in [-0.4, -0.2) is 19.5 Å². The van der Waals surface area contributed by atoms with E-state index in [1.54, 1.807) is 30.8 Å². The predicted molar refractivity (Wildman–Crippen MR) is 129 cm³/mol. The SMILES string of the molecule is Cc1ccc(S(=O)(=O)Nc2ccc(SCc3ccc4ccccc4c3)cc2)cc1C(=O)O. The summed E-state index contributed by atoms with van der Waals surface area (Å²) in [5.41, 5.74) is 2.10. The Hall–Kier alpha value is -3.29. The van der Waals surface area contributed by atoms with Gasteiger partial charge in [-0.15, -0.1) is 11.8 Å². The van der Waals surface area contributed by atoms with Crippen LogP contribution in [0.4, 0.5) is 5.69 Å². The van der Waals surface area contributed by atoms with E-state index in [0.29, 0.717) is 11.3 Å². The molecule has 0 unspecified atom stereocenters. The third-order valence-corrected chi connectivity index (χ3v) is 7.54. The molecule has 0 amide bonds. The number of thioether (sulfide) groups is 1. The summed E-state index contributed by atoms with van der Waals surface area (Å²) in [5, 5.41) is 11.7. The highest BCUT2D eigenvalue weighted by Crippen LogP contribution is 2.27. The van der Waals surface area contributed by atoms with Crippen LogP contribution in [0.2, 0.25) is 0 Å². The van der Waals surface area contributed by atoms with Crippen molar-refractivity contribution in [2.45, 2.75) is 22.5 Å². The van der Waals surface area contributed by atoms with Gasteiger partial charge in [-0.25, -0.2) is 13.2 Å². The maximum absolute atomic E-state index is 12.7. The zero-order valence-electron chi connectivity index (χ0n) is 17.3. The fourth-order valence-electron chi connectivity index (χ4n) is 3.33. The van der Waals surface area contributed by atoms with Crippen molar-refractivity contribution in [2.75, 3.05) is 4.72 Å². The second-order valence-corrected chi connectivity index (χ2v) is 10.1. The van der Waals surface area contributed by atoms with Gasteiger partial charge >= 0.3 is 5.97 Å². The molecule has 2 N–H and O–H groups in total. The van der Waals surface area contributed by atoms with Crippen molar-refractivity contribution < 1.29 is 18.3 Å². The van der Waals surface area contributed by atoms with Crippen molar-refractivity contribution in [3.05, 3.63) is 102 Å². The van der Waals surface area contributed by atoms with Gasteiger partial charge in [0, 0.05) is 16.3 Å². The van der Waals surface area contributed by atoms with E-state index < -0.39 is 16.0 Å². The fourth-order valence-corrected chi connectivity index (χ4v) is 5.25. The molecule has 4 aromatic rings. The Morgan fingerprint density at radius 1 is 0.906 bits per heavy atom. The van der Waals surface area contributed by atoms with Gasteiger partial charge in [-0.05, 0) is 65.2 Å². The minimum atomic E-state index is -3.90. The molecule has 32 heavy (non-hydrogen) atoms. The molecule has 0 spiro atoms. The van der Waals surface area contributed by atoms with Crippen molar-refractivity contribution in [1.82, 2.24) is 0 Å². The summed E-state index contributed by atoms with van der Waals surface area (Å²) in [6.07, 6.45) is 0. The molecule has 0 saturated carbocycles. The van der Waals surface area contributed by atoms with Crippen LogP contribution in [0.3, 0.4) is 0 Å². The highest BCUT2D eigenvalue weighted by molar-refractivity contribution is 7.98. The standard InChI is InChI=1S/C25H21NO4S2/c1-17-6-13-23(15-24(17)25(27)28)32(29,30)26-21-9-11-22(12-10-21)31-16-18-7-8-19-4-2-3-5-20(19)14-18/h2-15,26H,16H2,1H3,(H,27,28). The summed E-state index contributed by atoms with van der Waals surface area (Å²) in [4.78, 5) is 12.2. The molecule has 0 fully saturated rings. The van der Waals surface area contributed by atoms with Gasteiger partial charge < -0.3 is 5.11 Å². The molecule has 0 aromatic heterocycles. The van der Waals surface area contributed by atoms with Crippen LogP contribution in [0.25, 0.3) is 10.8 Å². The minimum absolute atomic E-state index is 0.0340. The molecule has 0 aliphatic carbocycles. The Balaban J connectivity index is 1.44. The largest absolute Gasteiger partial charge is 0.478 e. The summed E-state index contributed by atoms with van der Waals surface area (Å²) < 4.78 is 27.9. The number of anilines is 1. The van der Waals surface area contributed by atoms with Gasteiger partial charge in [0.05, 0.1) is 10.5 Å². The first-order valence-corrected chi connectivity index (χ1v) is 12.4. The fraction of sp³-hybridized carbons (Fsp3) is 0.0800. The number of sulfonamides is 1. The van der Waals surface area contributed by atoms with Gasteiger partial charge in [0.15, 0.2) is 0 Å². The lowest BCUT2D eigenvalue weighted by Gasteiger charge is -2.10. The van der Waals surface area contributed by atoms with Gasteiger partial charge in [-0.1, -0.05) is 48.5 Å². The van der Waals surface area contributed by atoms with Crippen molar-refractivity contribution in [1.29, 1.82) is 0 Å². The lowest BCUT2D eigenvalue weighted by Crippen LogP contribution is -2.14. The first-order valence-electron chi connectivity index (χ1n) is 9.89. The number of carbonyl (C=O) groups is 1. The van der Waals surface area contributed by atoms with Gasteiger partial charge in [0.25, 0.3) is 10.0 Å². The zero-order chi connectivity index (χ0) is 22.7. The number of carboxylic acids is 1. The van der Waals surface area contributed by atoms with E-state index in [1.165, 1.54) is 34.5 Å². The van der Waals surface area contributed by atoms with E-state index in [2.05, 4.69) is 35.1 Å². The molecule has 0 aliphatic rings. The Bertz CT molecular complexity index is 1400. The number of rotatable bonds is 7. The van der Waals surface area contributed by atoms with Crippen LogP contribution >= 0.6 is 11.8 Å². The molecular weight excluding hydrogens is 442 g/mol. The maximum atomic E-state index is 12.7. The molecule has 0 saturated heterocycles. The number of fused-ring (bicyclic) bond motifs is 1. The highest BCUT2D eigenvalue weighted by Gasteiger charge is 2.18. The molecule has 0 radical (unpaired) electrons. The number of benzene rings is 4. The van der Waals surface area contributed by atoms with Crippen molar-refractivity contribution in [3.8, 4) is 0 Å². The summed E-state index contributed by atoms with van der Waals surface area (Å²) >= 11 is 1.67. The van der Waals surface area contributed by atoms with Crippen LogP contribution in [0, 0.1) is 6.92 Å². The second kappa shape index (κ2) is 9.06. The molecule has 162 valence electrons. The van der Waals surface area contributed by atoms with Gasteiger partial charge in [-0.2, -0.15) is 0 Å². The van der Waals surface area contributed by atoms with Gasteiger partial charge in [0.1, 0.15) is 0 Å². The van der Waals surface area contributed by atoms with Crippen LogP contribution in [0.15, 0.2) is 94.7 Å². The van der Waals surface area contributed by atoms with E-state index in [-0.39, 0.29) is 10.5 Å². The molecule has 7 heteroatoms. The molecule has 4 rings (SSSR count). The van der Waals surface area contributed by atoms with Crippen molar-refractivity contribution in [2.24, 2.45) is 0 Å². The quantitative estimate of drug-likeness (QED) is 0.332. The third-order valence-electron chi connectivity index (χ3n) is 5.08. The smallest absolute Gasteiger partial charge is 0.335 e. The van der Waals surface area contributed by atoms with Crippen LogP contribution < -0.4 is 4.72 Å². The number of nitrogens with one attached hydrogen (secondary N) is 1. The van der Waals surface area contributed by atoms with Gasteiger partial charge in [-0.3, -0.25) is 4.72 Å². The topological polar surface area (TPSA) is 83.5 Å². The Labute approximate surface area is 191 Å². The van der Waals surface area contributed by atoms with Crippen molar-refractivity contribution >= 4 is 44.2 Å². The summed E-state index contributed by atoms with van der Waals surface area (Å²) in [6, 6.07) is 25.8. The van der Waals surface area contributed by atoms with Crippen LogP contribution in [0.1, 0.15) is 21.5 Å². The Kier molecular flexibility index (Phi) is 6.21. The number of hydrogen-bond acceptors (Lipinski definition) is 4. The molecule has 0 bridgehead atoms. The molecule has 0 atom stereocenters. The number of aryl methyl sites for hydroxylation is 1. The summed E-state index contributed by atoms with van der Waals surface area (Å²) in [5.74, 6) is -0.357. The third kappa shape index (κ3) is 4.95. The van der Waals surface area contributed by atoms with E-state index in [4.69, 9.17) is 0 Å². The normalized spacial score (nSPS) is 11.4. The average Bonchev–Trinajstić information content (AvgIpc) is 2.78. The molecule has 0 heterocycles. The lowest BCUT2D eigenvalue weighted by molar-refractivity contribution is 0.0696. The van der Waals surface area contributed by atoms with E-state index in [0.717, 1.165) is 10.6 Å². The Morgan fingerprint density at radius 3 is 2.34 bits per heavy atom. The zero-order valence-corrected chi connectivity index (χ0v) is 18.9. The highest BCUT2D eigenvalue weighted by atomic mass is 32.2. The van der Waals surface area contributed by atoms with Crippen molar-refractivity contribution in [3.63, 3.8) is 0 Å². The van der Waals surface area contributed by atoms with E-state index >= 15 is 0 Å². The molecule has 0 aliphatic heterocycles. The van der Waals surface area contributed by atoms with E-state index in [9.17, 15) is 18.3 Å². The van der Waals surface area contributed by atoms with Crippen LogP contribution in [-0.2, 0) is 15.8 Å². The lowest BCUT2D eigenvalue weighted by atomic mass is 10.1. The number of carboxylic acid groups (broad SMARTS) is 1. The monoisotopic (exact) mass is 463 g/mol. The maximum Gasteiger partial charge on any atom is 0.335 e. The molecule has 4 aromatic carbocycles. The predicted octanol–water partition coefficient (Wildman–Crippen LogP) is 5.94. The minimum Gasteiger partial charge on any atom is -0.478 e. The second-order valence-electron chi connectivity index (χ2n) is 7.38. The Morgan fingerprint density at radius 2 is 1.62 bits per heavy atom. The summed E-state index contributed by atoms with van der Waals surface area (Å²) in [7, 11) is -3.90. The molecule has 5 nitrogen and oxygen atoms in total. The van der Waals surface area contributed by atoms with E-state index in [1.807, 2.05) is 24.3 Å². The summed E-state index contributed by atoms with van der Waals surface area (Å²) in [6.45, 7) is 1.63. The number of aromatic carboxylic acids is 1. The van der Waals surface area contributed by atoms with Gasteiger partial charge in [0.2, 0.25) is 0 Å². The number of hydrogen-bond donors (Lipinski definition) is 2.